The number of hydrogen-bond donors (Lipinski definition) is 2. The quantitative estimate of drug-likeness (QED) is 0.652. The van der Waals surface area contributed by atoms with Gasteiger partial charge in [0.25, 0.3) is 0 Å². The van der Waals surface area contributed by atoms with Crippen molar-refractivity contribution >= 4 is 5.97 Å². The van der Waals surface area contributed by atoms with Gasteiger partial charge in [0, 0.05) is 19.6 Å². The van der Waals surface area contributed by atoms with E-state index in [9.17, 15) is 4.79 Å². The highest BCUT2D eigenvalue weighted by molar-refractivity contribution is 5.68. The number of carboxylic acid groups (broad SMARTS) is 1. The van der Waals surface area contributed by atoms with Crippen molar-refractivity contribution < 1.29 is 19.7 Å². The molecule has 0 saturated carbocycles. The largest absolute Gasteiger partial charge is 0.480 e. The monoisotopic (exact) mass is 217 g/mol. The van der Waals surface area contributed by atoms with Gasteiger partial charge in [-0.15, -0.1) is 0 Å². The summed E-state index contributed by atoms with van der Waals surface area (Å²) in [6.45, 7) is 5.76. The molecule has 1 unspecified atom stereocenters. The normalized spacial score (nSPS) is 22.1. The maximum absolute atomic E-state index is 10.3. The van der Waals surface area contributed by atoms with Crippen LogP contribution in [0.3, 0.4) is 0 Å². The van der Waals surface area contributed by atoms with Crippen LogP contribution in [0.25, 0.3) is 0 Å². The molecule has 0 aromatic carbocycles. The third-order valence-corrected chi connectivity index (χ3v) is 2.52. The zero-order valence-electron chi connectivity index (χ0n) is 9.27. The number of aliphatic carboxylic acids is 1. The fourth-order valence-electron chi connectivity index (χ4n) is 1.75. The van der Waals surface area contributed by atoms with Crippen LogP contribution in [-0.4, -0.2) is 59.0 Å². The first kappa shape index (κ1) is 12.4. The molecule has 1 aliphatic heterocycles. The first-order valence-electron chi connectivity index (χ1n) is 5.17. The van der Waals surface area contributed by atoms with Crippen molar-refractivity contribution in [2.75, 3.05) is 26.2 Å². The van der Waals surface area contributed by atoms with E-state index in [-0.39, 0.29) is 18.3 Å². The van der Waals surface area contributed by atoms with Gasteiger partial charge in [-0.1, -0.05) is 0 Å². The highest BCUT2D eigenvalue weighted by atomic mass is 16.5. The van der Waals surface area contributed by atoms with Crippen molar-refractivity contribution in [3.8, 4) is 0 Å². The molecule has 1 fully saturated rings. The lowest BCUT2D eigenvalue weighted by Gasteiger charge is -2.47. The summed E-state index contributed by atoms with van der Waals surface area (Å²) in [6.07, 6.45) is 0.464. The number of aliphatic hydroxyl groups excluding tert-OH is 1. The lowest BCUT2D eigenvalue weighted by molar-refractivity contribution is -0.165. The van der Waals surface area contributed by atoms with Crippen LogP contribution in [-0.2, 0) is 9.53 Å². The topological polar surface area (TPSA) is 70.0 Å². The van der Waals surface area contributed by atoms with Crippen LogP contribution in [0.2, 0.25) is 0 Å². The summed E-state index contributed by atoms with van der Waals surface area (Å²) in [7, 11) is 0. The minimum absolute atomic E-state index is 0.235. The highest BCUT2D eigenvalue weighted by Gasteiger charge is 2.39. The molecule has 0 amide bonds. The Hall–Kier alpha value is -0.650. The Morgan fingerprint density at radius 3 is 2.67 bits per heavy atom. The van der Waals surface area contributed by atoms with Crippen LogP contribution in [0, 0.1) is 0 Å². The highest BCUT2D eigenvalue weighted by Crippen LogP contribution is 2.24. The Kier molecular flexibility index (Phi) is 4.07. The molecular weight excluding hydrogens is 198 g/mol. The maximum Gasteiger partial charge on any atom is 0.329 e. The third-order valence-electron chi connectivity index (χ3n) is 2.52. The molecule has 0 aromatic rings. The van der Waals surface area contributed by atoms with Crippen LogP contribution in [0.15, 0.2) is 0 Å². The SMILES string of the molecule is CC(O)CCN1CC(C)(OCC(=O)O)C1. The van der Waals surface area contributed by atoms with Crippen LogP contribution in [0.1, 0.15) is 20.3 Å². The minimum atomic E-state index is -0.932. The van der Waals surface area contributed by atoms with E-state index in [0.717, 1.165) is 26.1 Å². The van der Waals surface area contributed by atoms with Gasteiger partial charge in [0.05, 0.1) is 11.7 Å². The third kappa shape index (κ3) is 4.15. The van der Waals surface area contributed by atoms with Crippen LogP contribution >= 0.6 is 0 Å². The van der Waals surface area contributed by atoms with Gasteiger partial charge >= 0.3 is 5.97 Å². The zero-order chi connectivity index (χ0) is 11.5. The Labute approximate surface area is 89.6 Å². The summed E-state index contributed by atoms with van der Waals surface area (Å²) in [6, 6.07) is 0. The van der Waals surface area contributed by atoms with Crippen molar-refractivity contribution in [2.24, 2.45) is 0 Å². The number of hydrogen-bond acceptors (Lipinski definition) is 4. The molecule has 88 valence electrons. The molecule has 0 aliphatic carbocycles. The van der Waals surface area contributed by atoms with E-state index in [0.29, 0.717) is 0 Å². The molecule has 0 aromatic heterocycles. The van der Waals surface area contributed by atoms with E-state index in [1.165, 1.54) is 0 Å². The van der Waals surface area contributed by atoms with Crippen molar-refractivity contribution in [1.29, 1.82) is 0 Å². The Morgan fingerprint density at radius 1 is 1.60 bits per heavy atom. The lowest BCUT2D eigenvalue weighted by atomic mass is 9.96. The Bertz CT molecular complexity index is 223. The van der Waals surface area contributed by atoms with Gasteiger partial charge in [-0.2, -0.15) is 0 Å². The number of likely N-dealkylation sites (tertiary alicyclic amines) is 1. The van der Waals surface area contributed by atoms with Gasteiger partial charge in [0.1, 0.15) is 6.61 Å². The molecule has 1 saturated heterocycles. The molecule has 15 heavy (non-hydrogen) atoms. The molecule has 2 N–H and O–H groups in total. The predicted octanol–water partition coefficient (Wildman–Crippen LogP) is -0.0672. The van der Waals surface area contributed by atoms with Crippen LogP contribution in [0.4, 0.5) is 0 Å². The summed E-state index contributed by atoms with van der Waals surface area (Å²) >= 11 is 0. The van der Waals surface area contributed by atoms with Gasteiger partial charge in [-0.25, -0.2) is 4.79 Å². The van der Waals surface area contributed by atoms with Gasteiger partial charge in [-0.05, 0) is 20.3 Å². The number of ether oxygens (including phenoxy) is 1. The molecule has 0 radical (unpaired) electrons. The Balaban J connectivity index is 2.14. The summed E-state index contributed by atoms with van der Waals surface area (Å²) < 4.78 is 5.26. The fourth-order valence-corrected chi connectivity index (χ4v) is 1.75. The summed E-state index contributed by atoms with van der Waals surface area (Å²) in [4.78, 5) is 12.5. The zero-order valence-corrected chi connectivity index (χ0v) is 9.27. The number of aliphatic hydroxyl groups is 1. The van der Waals surface area contributed by atoms with E-state index in [2.05, 4.69) is 4.90 Å². The summed E-state index contributed by atoms with van der Waals surface area (Å²) in [5.41, 5.74) is -0.322. The molecule has 5 nitrogen and oxygen atoms in total. The van der Waals surface area contributed by atoms with Gasteiger partial charge in [0.15, 0.2) is 0 Å². The predicted molar refractivity (Wildman–Crippen MR) is 54.7 cm³/mol. The molecule has 1 heterocycles. The van der Waals surface area contributed by atoms with Gasteiger partial charge < -0.3 is 14.9 Å². The van der Waals surface area contributed by atoms with E-state index >= 15 is 0 Å². The van der Waals surface area contributed by atoms with Crippen molar-refractivity contribution in [2.45, 2.75) is 32.0 Å². The lowest BCUT2D eigenvalue weighted by Crippen LogP contribution is -2.61. The van der Waals surface area contributed by atoms with Crippen LogP contribution < -0.4 is 0 Å². The average Bonchev–Trinajstić information content (AvgIpc) is 2.07. The van der Waals surface area contributed by atoms with E-state index < -0.39 is 5.97 Å². The van der Waals surface area contributed by atoms with Gasteiger partial charge in [-0.3, -0.25) is 4.90 Å². The number of rotatable bonds is 6. The van der Waals surface area contributed by atoms with E-state index in [4.69, 9.17) is 14.9 Å². The smallest absolute Gasteiger partial charge is 0.329 e. The first-order valence-corrected chi connectivity index (χ1v) is 5.17. The molecule has 0 bridgehead atoms. The minimum Gasteiger partial charge on any atom is -0.480 e. The van der Waals surface area contributed by atoms with E-state index in [1.807, 2.05) is 6.92 Å². The van der Waals surface area contributed by atoms with Gasteiger partial charge in [0.2, 0.25) is 0 Å². The van der Waals surface area contributed by atoms with Crippen molar-refractivity contribution in [3.05, 3.63) is 0 Å². The number of carboxylic acids is 1. The molecule has 5 heteroatoms. The number of nitrogens with zero attached hydrogens (tertiary/aromatic N) is 1. The second kappa shape index (κ2) is 4.92. The van der Waals surface area contributed by atoms with E-state index in [1.54, 1.807) is 6.92 Å². The van der Waals surface area contributed by atoms with Crippen molar-refractivity contribution in [3.63, 3.8) is 0 Å². The number of carbonyl (C=O) groups is 1. The molecule has 0 spiro atoms. The standard InChI is InChI=1S/C10H19NO4/c1-8(12)3-4-11-6-10(2,7-11)15-5-9(13)14/h8,12H,3-7H2,1-2H3,(H,13,14). The second-order valence-electron chi connectivity index (χ2n) is 4.48. The average molecular weight is 217 g/mol. The maximum atomic E-state index is 10.3. The summed E-state index contributed by atoms with van der Waals surface area (Å²) in [5, 5.41) is 17.6. The molecule has 1 atom stereocenters. The first-order chi connectivity index (χ1) is 6.91. The molecule has 1 rings (SSSR count). The summed E-state index contributed by atoms with van der Waals surface area (Å²) in [5.74, 6) is -0.932. The molecule has 1 aliphatic rings. The second-order valence-corrected chi connectivity index (χ2v) is 4.48. The Morgan fingerprint density at radius 2 is 2.20 bits per heavy atom. The molecular formula is C10H19NO4. The fraction of sp³-hybridized carbons (Fsp3) is 0.900. The van der Waals surface area contributed by atoms with Crippen LogP contribution in [0.5, 0.6) is 0 Å². The van der Waals surface area contributed by atoms with Crippen molar-refractivity contribution in [1.82, 2.24) is 4.90 Å².